The van der Waals surface area contributed by atoms with E-state index in [2.05, 4.69) is 6.07 Å². The van der Waals surface area contributed by atoms with Gasteiger partial charge in [-0.25, -0.2) is 0 Å². The maximum Gasteiger partial charge on any atom is 0.0466 e. The predicted molar refractivity (Wildman–Crippen MR) is 73.4 cm³/mol. The van der Waals surface area contributed by atoms with E-state index in [0.29, 0.717) is 12.5 Å². The van der Waals surface area contributed by atoms with Crippen molar-refractivity contribution in [2.24, 2.45) is 11.7 Å². The number of nitrogens with two attached hydrogens (primary N) is 1. The van der Waals surface area contributed by atoms with Crippen molar-refractivity contribution in [2.45, 2.75) is 26.2 Å². The summed E-state index contributed by atoms with van der Waals surface area (Å²) in [5.74, 6) is 0.496. The molecule has 2 nitrogen and oxygen atoms in total. The monoisotopic (exact) mass is 255 g/mol. The fraction of sp³-hybridized carbons (Fsp3) is 0.571. The molecule has 3 heteroatoms. The molecule has 1 unspecified atom stereocenters. The number of rotatable bonds is 8. The Bertz CT molecular complexity index is 317. The highest BCUT2D eigenvalue weighted by Gasteiger charge is 2.09. The highest BCUT2D eigenvalue weighted by Crippen LogP contribution is 2.20. The summed E-state index contributed by atoms with van der Waals surface area (Å²) in [5.41, 5.74) is 7.00. The number of hydrogen-bond acceptors (Lipinski definition) is 2. The fourth-order valence-electron chi connectivity index (χ4n) is 1.90. The second-order valence-corrected chi connectivity index (χ2v) is 4.64. The van der Waals surface area contributed by atoms with E-state index in [1.165, 1.54) is 5.56 Å². The van der Waals surface area contributed by atoms with E-state index in [1.54, 1.807) is 0 Å². The summed E-state index contributed by atoms with van der Waals surface area (Å²) in [7, 11) is 0. The molecule has 2 N–H and O–H groups in total. The minimum atomic E-state index is 0.496. The van der Waals surface area contributed by atoms with E-state index in [-0.39, 0.29) is 0 Å². The molecular formula is C14H22ClNO. The fourth-order valence-corrected chi connectivity index (χ4v) is 2.11. The Kier molecular flexibility index (Phi) is 7.25. The van der Waals surface area contributed by atoms with Gasteiger partial charge in [0, 0.05) is 18.2 Å². The lowest BCUT2D eigenvalue weighted by Crippen LogP contribution is -2.17. The molecule has 0 fully saturated rings. The molecule has 0 saturated carbocycles. The minimum Gasteiger partial charge on any atom is -0.382 e. The average molecular weight is 256 g/mol. The van der Waals surface area contributed by atoms with Crippen LogP contribution >= 0.6 is 11.6 Å². The van der Waals surface area contributed by atoms with Gasteiger partial charge in [0.2, 0.25) is 0 Å². The Balaban J connectivity index is 2.38. The summed E-state index contributed by atoms with van der Waals surface area (Å²) in [6.07, 6.45) is 3.13. The Labute approximate surface area is 109 Å². The maximum atomic E-state index is 6.14. The van der Waals surface area contributed by atoms with Crippen molar-refractivity contribution >= 4 is 11.6 Å². The van der Waals surface area contributed by atoms with Crippen molar-refractivity contribution in [3.63, 3.8) is 0 Å². The summed E-state index contributed by atoms with van der Waals surface area (Å²) in [5, 5.41) is 0.843. The molecule has 1 atom stereocenters. The molecule has 0 saturated heterocycles. The Morgan fingerprint density at radius 2 is 2.12 bits per heavy atom. The van der Waals surface area contributed by atoms with Crippen molar-refractivity contribution < 1.29 is 4.74 Å². The largest absolute Gasteiger partial charge is 0.382 e. The van der Waals surface area contributed by atoms with Gasteiger partial charge in [-0.2, -0.15) is 0 Å². The highest BCUT2D eigenvalue weighted by atomic mass is 35.5. The average Bonchev–Trinajstić information content (AvgIpc) is 2.35. The van der Waals surface area contributed by atoms with Crippen LogP contribution in [0, 0.1) is 5.92 Å². The first-order chi connectivity index (χ1) is 8.27. The van der Waals surface area contributed by atoms with Gasteiger partial charge in [0.1, 0.15) is 0 Å². The molecular weight excluding hydrogens is 234 g/mol. The lowest BCUT2D eigenvalue weighted by Gasteiger charge is -2.15. The van der Waals surface area contributed by atoms with E-state index < -0.39 is 0 Å². The van der Waals surface area contributed by atoms with Crippen molar-refractivity contribution in [1.82, 2.24) is 0 Å². The molecule has 0 bridgehead atoms. The van der Waals surface area contributed by atoms with Crippen LogP contribution in [0.15, 0.2) is 24.3 Å². The first kappa shape index (κ1) is 14.5. The molecule has 0 amide bonds. The zero-order chi connectivity index (χ0) is 12.5. The van der Waals surface area contributed by atoms with E-state index in [1.807, 2.05) is 25.1 Å². The quantitative estimate of drug-likeness (QED) is 0.724. The first-order valence-corrected chi connectivity index (χ1v) is 6.67. The van der Waals surface area contributed by atoms with Gasteiger partial charge in [0.25, 0.3) is 0 Å². The van der Waals surface area contributed by atoms with E-state index in [0.717, 1.165) is 37.5 Å². The summed E-state index contributed by atoms with van der Waals surface area (Å²) < 4.78 is 5.34. The summed E-state index contributed by atoms with van der Waals surface area (Å²) in [6.45, 7) is 4.34. The molecule has 0 radical (unpaired) electrons. The predicted octanol–water partition coefficient (Wildman–Crippen LogP) is 3.27. The van der Waals surface area contributed by atoms with Crippen LogP contribution in [0.1, 0.15) is 25.3 Å². The number of halogens is 1. The summed E-state index contributed by atoms with van der Waals surface area (Å²) in [4.78, 5) is 0. The number of ether oxygens (including phenoxy) is 1. The number of hydrogen-bond donors (Lipinski definition) is 1. The molecule has 1 aromatic rings. The van der Waals surface area contributed by atoms with Crippen LogP contribution in [0.25, 0.3) is 0 Å². The third kappa shape index (κ3) is 5.53. The molecule has 0 spiro atoms. The molecule has 0 heterocycles. The lowest BCUT2D eigenvalue weighted by molar-refractivity contribution is 0.139. The van der Waals surface area contributed by atoms with Crippen LogP contribution in [-0.2, 0) is 11.2 Å². The van der Waals surface area contributed by atoms with Crippen molar-refractivity contribution in [1.29, 1.82) is 0 Å². The van der Waals surface area contributed by atoms with Crippen LogP contribution < -0.4 is 5.73 Å². The molecule has 0 aliphatic heterocycles. The van der Waals surface area contributed by atoms with E-state index in [9.17, 15) is 0 Å². The van der Waals surface area contributed by atoms with Crippen molar-refractivity contribution in [2.75, 3.05) is 19.8 Å². The Hall–Kier alpha value is -0.570. The lowest BCUT2D eigenvalue weighted by atomic mass is 9.95. The second kappa shape index (κ2) is 8.51. The molecule has 96 valence electrons. The zero-order valence-corrected chi connectivity index (χ0v) is 11.2. The van der Waals surface area contributed by atoms with Gasteiger partial charge in [0.15, 0.2) is 0 Å². The molecule has 1 rings (SSSR count). The van der Waals surface area contributed by atoms with Gasteiger partial charge in [0.05, 0.1) is 0 Å². The van der Waals surface area contributed by atoms with Crippen LogP contribution in [-0.4, -0.2) is 19.8 Å². The van der Waals surface area contributed by atoms with E-state index in [4.69, 9.17) is 22.1 Å². The minimum absolute atomic E-state index is 0.496. The van der Waals surface area contributed by atoms with Gasteiger partial charge in [-0.3, -0.25) is 0 Å². The second-order valence-electron chi connectivity index (χ2n) is 4.24. The molecule has 0 aromatic heterocycles. The normalized spacial score (nSPS) is 12.6. The smallest absolute Gasteiger partial charge is 0.0466 e. The SMILES string of the molecule is CCOCCCC(CN)Cc1ccccc1Cl. The van der Waals surface area contributed by atoms with Gasteiger partial charge < -0.3 is 10.5 Å². The van der Waals surface area contributed by atoms with Crippen molar-refractivity contribution in [3.05, 3.63) is 34.9 Å². The first-order valence-electron chi connectivity index (χ1n) is 6.29. The Morgan fingerprint density at radius 1 is 1.35 bits per heavy atom. The number of benzene rings is 1. The van der Waals surface area contributed by atoms with Crippen molar-refractivity contribution in [3.8, 4) is 0 Å². The van der Waals surface area contributed by atoms with Crippen LogP contribution in [0.3, 0.4) is 0 Å². The summed E-state index contributed by atoms with van der Waals surface area (Å²) in [6, 6.07) is 7.99. The van der Waals surface area contributed by atoms with Crippen LogP contribution in [0.4, 0.5) is 0 Å². The van der Waals surface area contributed by atoms with E-state index >= 15 is 0 Å². The topological polar surface area (TPSA) is 35.2 Å². The standard InChI is InChI=1S/C14H22ClNO/c1-2-17-9-5-6-12(11-16)10-13-7-3-4-8-14(13)15/h3-4,7-8,12H,2,5-6,9-11,16H2,1H3. The molecule has 0 aliphatic rings. The van der Waals surface area contributed by atoms with Gasteiger partial charge in [-0.15, -0.1) is 0 Å². The molecule has 0 aliphatic carbocycles. The molecule has 1 aromatic carbocycles. The van der Waals surface area contributed by atoms with Gasteiger partial charge in [-0.1, -0.05) is 29.8 Å². The van der Waals surface area contributed by atoms with Gasteiger partial charge >= 0.3 is 0 Å². The van der Waals surface area contributed by atoms with Gasteiger partial charge in [-0.05, 0) is 50.3 Å². The highest BCUT2D eigenvalue weighted by molar-refractivity contribution is 6.31. The molecule has 17 heavy (non-hydrogen) atoms. The summed E-state index contributed by atoms with van der Waals surface area (Å²) >= 11 is 6.14. The third-order valence-electron chi connectivity index (χ3n) is 2.90. The zero-order valence-electron chi connectivity index (χ0n) is 10.5. The Morgan fingerprint density at radius 3 is 2.76 bits per heavy atom. The van der Waals surface area contributed by atoms with Crippen LogP contribution in [0.5, 0.6) is 0 Å². The van der Waals surface area contributed by atoms with Crippen LogP contribution in [0.2, 0.25) is 5.02 Å². The maximum absolute atomic E-state index is 6.14. The third-order valence-corrected chi connectivity index (χ3v) is 3.27.